The minimum atomic E-state index is -1.76. The average Bonchev–Trinajstić information content (AvgIpc) is 2.77. The number of aliphatic hydroxyl groups is 4. The Morgan fingerprint density at radius 3 is 2.31 bits per heavy atom. The molecule has 1 aromatic carbocycles. The van der Waals surface area contributed by atoms with Crippen LogP contribution >= 0.6 is 0 Å². The van der Waals surface area contributed by atoms with Gasteiger partial charge in [0.15, 0.2) is 6.29 Å². The smallest absolute Gasteiger partial charge is 0.325 e. The number of benzene rings is 1. The highest BCUT2D eigenvalue weighted by molar-refractivity contribution is 5.88. The lowest BCUT2D eigenvalue weighted by molar-refractivity contribution is -0.287. The second kappa shape index (κ2) is 11.7. The Bertz CT molecular complexity index is 790. The van der Waals surface area contributed by atoms with Crippen LogP contribution in [0, 0.1) is 0 Å². The van der Waals surface area contributed by atoms with Crippen LogP contribution in [-0.2, 0) is 30.3 Å². The number of nitrogens with one attached hydrogen (secondary N) is 2. The summed E-state index contributed by atoms with van der Waals surface area (Å²) in [5.41, 5.74) is 6.50. The van der Waals surface area contributed by atoms with E-state index in [1.54, 1.807) is 12.1 Å². The molecule has 0 aliphatic carbocycles. The van der Waals surface area contributed by atoms with Crippen molar-refractivity contribution in [2.75, 3.05) is 19.7 Å². The molecule has 1 heterocycles. The molecule has 13 heteroatoms. The van der Waals surface area contributed by atoms with Gasteiger partial charge in [-0.1, -0.05) is 12.1 Å². The fraction of sp³-hybridized carbons (Fsp3) is 0.526. The van der Waals surface area contributed by atoms with Crippen LogP contribution in [0.3, 0.4) is 0 Å². The molecule has 1 saturated heterocycles. The number of nitrogens with two attached hydrogens (primary N) is 1. The molecule has 1 aliphatic heterocycles. The van der Waals surface area contributed by atoms with E-state index in [1.807, 2.05) is 0 Å². The van der Waals surface area contributed by atoms with Crippen LogP contribution in [0.15, 0.2) is 24.3 Å². The minimum Gasteiger partial charge on any atom is -0.508 e. The zero-order chi connectivity index (χ0) is 23.8. The summed E-state index contributed by atoms with van der Waals surface area (Å²) in [6, 6.07) is 5.22. The second-order valence-corrected chi connectivity index (χ2v) is 7.19. The van der Waals surface area contributed by atoms with Crippen LogP contribution in [0.25, 0.3) is 0 Å². The first-order valence-electron chi connectivity index (χ1n) is 9.69. The lowest BCUT2D eigenvalue weighted by Crippen LogP contribution is -2.58. The van der Waals surface area contributed by atoms with Crippen molar-refractivity contribution in [3.8, 4) is 5.75 Å². The number of hydrogen-bond acceptors (Lipinski definition) is 11. The zero-order valence-electron chi connectivity index (χ0n) is 17.0. The Hall–Kier alpha value is -2.81. The number of ether oxygens (including phenoxy) is 2. The molecule has 1 aromatic rings. The molecule has 0 spiro atoms. The van der Waals surface area contributed by atoms with Gasteiger partial charge >= 0.3 is 5.97 Å². The van der Waals surface area contributed by atoms with Crippen LogP contribution in [0.4, 0.5) is 0 Å². The van der Waals surface area contributed by atoms with Gasteiger partial charge in [0, 0.05) is 0 Å². The van der Waals surface area contributed by atoms with Crippen molar-refractivity contribution in [3.05, 3.63) is 29.8 Å². The summed E-state index contributed by atoms with van der Waals surface area (Å²) in [6.45, 7) is -1.53. The minimum absolute atomic E-state index is 0.0818. The van der Waals surface area contributed by atoms with E-state index in [0.717, 1.165) is 5.56 Å². The molecule has 2 rings (SSSR count). The fourth-order valence-corrected chi connectivity index (χ4v) is 2.81. The highest BCUT2D eigenvalue weighted by atomic mass is 16.6. The maximum absolute atomic E-state index is 12.0. The van der Waals surface area contributed by atoms with E-state index in [0.29, 0.717) is 0 Å². The number of carbonyl (C=O) groups is 3. The van der Waals surface area contributed by atoms with Gasteiger partial charge in [0.05, 0.1) is 12.6 Å². The number of aromatic hydroxyl groups is 1. The van der Waals surface area contributed by atoms with Gasteiger partial charge in [0.25, 0.3) is 0 Å². The van der Waals surface area contributed by atoms with E-state index < -0.39 is 74.2 Å². The molecule has 178 valence electrons. The van der Waals surface area contributed by atoms with Crippen molar-refractivity contribution in [3.63, 3.8) is 0 Å². The number of carbonyl (C=O) groups excluding carboxylic acids is 3. The normalized spacial score (nSPS) is 26.1. The molecule has 0 radical (unpaired) electrons. The number of hydrogen-bond donors (Lipinski definition) is 8. The molecule has 1 aliphatic rings. The third-order valence-corrected chi connectivity index (χ3v) is 4.68. The summed E-state index contributed by atoms with van der Waals surface area (Å²) in [4.78, 5) is 35.5. The molecule has 32 heavy (non-hydrogen) atoms. The van der Waals surface area contributed by atoms with E-state index in [2.05, 4.69) is 10.6 Å². The SMILES string of the molecule is N[C@@H](Cc1ccc(O)cc1)C(=O)NCC(=O)NCC(=O)OC[C@H]1O[C@@H](O)[C@H](O)[C@@H](O)[C@@H]1O. The Kier molecular flexibility index (Phi) is 9.31. The van der Waals surface area contributed by atoms with Gasteiger partial charge in [-0.05, 0) is 24.1 Å². The van der Waals surface area contributed by atoms with Gasteiger partial charge < -0.3 is 51.4 Å². The molecule has 0 bridgehead atoms. The van der Waals surface area contributed by atoms with Gasteiger partial charge in [-0.15, -0.1) is 0 Å². The van der Waals surface area contributed by atoms with E-state index in [1.165, 1.54) is 12.1 Å². The number of esters is 1. The lowest BCUT2D eigenvalue weighted by Gasteiger charge is -2.37. The lowest BCUT2D eigenvalue weighted by atomic mass is 9.99. The van der Waals surface area contributed by atoms with Crippen LogP contribution in [-0.4, -0.2) is 99.8 Å². The molecule has 2 amide bonds. The van der Waals surface area contributed by atoms with Gasteiger partial charge in [-0.3, -0.25) is 14.4 Å². The Labute approximate surface area is 182 Å². The van der Waals surface area contributed by atoms with Crippen LogP contribution < -0.4 is 16.4 Å². The number of phenolic OH excluding ortho intramolecular Hbond substituents is 1. The van der Waals surface area contributed by atoms with Gasteiger partial charge in [-0.25, -0.2) is 0 Å². The maximum Gasteiger partial charge on any atom is 0.325 e. The van der Waals surface area contributed by atoms with Crippen molar-refractivity contribution in [1.29, 1.82) is 0 Å². The monoisotopic (exact) mass is 457 g/mol. The topological polar surface area (TPSA) is 221 Å². The van der Waals surface area contributed by atoms with Crippen molar-refractivity contribution in [1.82, 2.24) is 10.6 Å². The maximum atomic E-state index is 12.0. The molecule has 0 aromatic heterocycles. The molecule has 0 saturated carbocycles. The number of rotatable bonds is 9. The molecule has 0 unspecified atom stereocenters. The summed E-state index contributed by atoms with van der Waals surface area (Å²) < 4.78 is 9.66. The number of phenols is 1. The summed E-state index contributed by atoms with van der Waals surface area (Å²) in [7, 11) is 0. The largest absolute Gasteiger partial charge is 0.508 e. The second-order valence-electron chi connectivity index (χ2n) is 7.19. The number of aliphatic hydroxyl groups excluding tert-OH is 4. The summed E-state index contributed by atoms with van der Waals surface area (Å²) in [6.07, 6.45) is -7.85. The van der Waals surface area contributed by atoms with Crippen molar-refractivity contribution >= 4 is 17.8 Å². The highest BCUT2D eigenvalue weighted by Crippen LogP contribution is 2.20. The quantitative estimate of drug-likeness (QED) is 0.166. The molecule has 9 N–H and O–H groups in total. The standard InChI is InChI=1S/C19H27N3O10/c20-11(5-9-1-3-10(23)4-2-9)18(29)22-6-13(24)21-7-14(25)31-8-12-15(26)16(27)17(28)19(30)32-12/h1-4,11-12,15-17,19,23,26-28,30H,5-8,20H2,(H,21,24)(H,22,29)/t11-,12+,15+,16-,17+,19+/m0/s1. The van der Waals surface area contributed by atoms with Gasteiger partial charge in [0.2, 0.25) is 11.8 Å². The van der Waals surface area contributed by atoms with Crippen LogP contribution in [0.1, 0.15) is 5.56 Å². The zero-order valence-corrected chi connectivity index (χ0v) is 17.0. The van der Waals surface area contributed by atoms with E-state index in [4.69, 9.17) is 15.2 Å². The third kappa shape index (κ3) is 7.40. The van der Waals surface area contributed by atoms with Crippen molar-refractivity contribution in [2.24, 2.45) is 5.73 Å². The van der Waals surface area contributed by atoms with Gasteiger partial charge in [-0.2, -0.15) is 0 Å². The molecular weight excluding hydrogens is 430 g/mol. The molecule has 1 fully saturated rings. The van der Waals surface area contributed by atoms with Crippen molar-refractivity contribution < 1.29 is 49.4 Å². The third-order valence-electron chi connectivity index (χ3n) is 4.68. The predicted molar refractivity (Wildman–Crippen MR) is 106 cm³/mol. The summed E-state index contributed by atoms with van der Waals surface area (Å²) in [5, 5.41) is 51.9. The summed E-state index contributed by atoms with van der Waals surface area (Å²) in [5.74, 6) is -2.09. The first kappa shape index (κ1) is 25.5. The molecule has 13 nitrogen and oxygen atoms in total. The Morgan fingerprint density at radius 2 is 1.66 bits per heavy atom. The fourth-order valence-electron chi connectivity index (χ4n) is 2.81. The first-order valence-corrected chi connectivity index (χ1v) is 9.69. The van der Waals surface area contributed by atoms with Gasteiger partial charge in [0.1, 0.15) is 43.3 Å². The van der Waals surface area contributed by atoms with Crippen LogP contribution in [0.5, 0.6) is 5.75 Å². The molecule has 6 atom stereocenters. The van der Waals surface area contributed by atoms with E-state index >= 15 is 0 Å². The Balaban J connectivity index is 1.65. The van der Waals surface area contributed by atoms with E-state index in [-0.39, 0.29) is 12.2 Å². The van der Waals surface area contributed by atoms with Crippen molar-refractivity contribution in [2.45, 2.75) is 43.2 Å². The predicted octanol–water partition coefficient (Wildman–Crippen LogP) is -4.16. The number of amides is 2. The highest BCUT2D eigenvalue weighted by Gasteiger charge is 2.43. The van der Waals surface area contributed by atoms with Crippen LogP contribution in [0.2, 0.25) is 0 Å². The first-order chi connectivity index (χ1) is 15.1. The Morgan fingerprint density at radius 1 is 1.00 bits per heavy atom. The van der Waals surface area contributed by atoms with E-state index in [9.17, 15) is 39.9 Å². The molecular formula is C19H27N3O10. The average molecular weight is 457 g/mol. The summed E-state index contributed by atoms with van der Waals surface area (Å²) >= 11 is 0.